The van der Waals surface area contributed by atoms with Crippen LogP contribution in [-0.4, -0.2) is 17.7 Å². The number of rotatable bonds is 3. The van der Waals surface area contributed by atoms with Crippen LogP contribution in [0.5, 0.6) is 5.75 Å². The van der Waals surface area contributed by atoms with Gasteiger partial charge in [-0.25, -0.2) is 4.79 Å². The van der Waals surface area contributed by atoms with Crippen molar-refractivity contribution in [1.29, 1.82) is 0 Å². The van der Waals surface area contributed by atoms with Crippen molar-refractivity contribution < 1.29 is 14.6 Å². The van der Waals surface area contributed by atoms with E-state index in [1.54, 1.807) is 12.1 Å². The number of aromatic carboxylic acids is 1. The van der Waals surface area contributed by atoms with Gasteiger partial charge in [-0.3, -0.25) is 0 Å². The van der Waals surface area contributed by atoms with Gasteiger partial charge in [-0.15, -0.1) is 0 Å². The van der Waals surface area contributed by atoms with Gasteiger partial charge in [0.05, 0.1) is 17.3 Å². The van der Waals surface area contributed by atoms with E-state index in [9.17, 15) is 9.90 Å². The van der Waals surface area contributed by atoms with Gasteiger partial charge in [0.1, 0.15) is 12.4 Å². The van der Waals surface area contributed by atoms with Gasteiger partial charge < -0.3 is 15.2 Å². The molecule has 0 aromatic heterocycles. The molecule has 0 spiro atoms. The number of hydrogen-bond donors (Lipinski definition) is 2. The van der Waals surface area contributed by atoms with E-state index >= 15 is 0 Å². The lowest BCUT2D eigenvalue weighted by Crippen LogP contribution is -2.15. The molecule has 102 valence electrons. The molecule has 0 fully saturated rings. The Kier molecular flexibility index (Phi) is 3.06. The molecule has 0 radical (unpaired) electrons. The molecule has 1 aliphatic rings. The summed E-state index contributed by atoms with van der Waals surface area (Å²) in [6.45, 7) is 2.41. The number of nitrogens with one attached hydrogen (secondary N) is 1. The molecule has 1 aliphatic heterocycles. The fraction of sp³-hybridized carbons (Fsp3) is 0.188. The molecule has 1 atom stereocenters. The third-order valence-corrected chi connectivity index (χ3v) is 3.52. The molecule has 0 bridgehead atoms. The highest BCUT2D eigenvalue weighted by Crippen LogP contribution is 2.35. The van der Waals surface area contributed by atoms with Gasteiger partial charge in [-0.1, -0.05) is 30.3 Å². The summed E-state index contributed by atoms with van der Waals surface area (Å²) < 4.78 is 5.61. The molecule has 0 amide bonds. The van der Waals surface area contributed by atoms with Crippen LogP contribution in [-0.2, 0) is 0 Å². The number of para-hydroxylation sites is 2. The van der Waals surface area contributed by atoms with Gasteiger partial charge in [0.15, 0.2) is 0 Å². The molecule has 20 heavy (non-hydrogen) atoms. The topological polar surface area (TPSA) is 58.6 Å². The van der Waals surface area contributed by atoms with Crippen LogP contribution in [0, 0.1) is 6.92 Å². The highest BCUT2D eigenvalue weighted by atomic mass is 16.5. The minimum atomic E-state index is -0.927. The van der Waals surface area contributed by atoms with Gasteiger partial charge in [0.25, 0.3) is 0 Å². The van der Waals surface area contributed by atoms with Crippen molar-refractivity contribution in [3.05, 3.63) is 59.2 Å². The number of ether oxygens (including phenoxy) is 1. The smallest absolute Gasteiger partial charge is 0.337 e. The van der Waals surface area contributed by atoms with E-state index in [0.717, 1.165) is 16.9 Å². The average Bonchev–Trinajstić information content (AvgIpc) is 2.84. The number of anilines is 1. The first kappa shape index (κ1) is 12.5. The molecule has 4 nitrogen and oxygen atoms in total. The lowest BCUT2D eigenvalue weighted by molar-refractivity contribution is 0.0697. The van der Waals surface area contributed by atoms with Crippen molar-refractivity contribution in [2.45, 2.75) is 13.0 Å². The van der Waals surface area contributed by atoms with Crippen molar-refractivity contribution in [3.8, 4) is 5.75 Å². The van der Waals surface area contributed by atoms with Gasteiger partial charge in [-0.05, 0) is 24.6 Å². The maximum Gasteiger partial charge on any atom is 0.337 e. The molecule has 2 aromatic rings. The molecule has 0 saturated carbocycles. The Bertz CT molecular complexity index is 667. The average molecular weight is 269 g/mol. The second-order valence-electron chi connectivity index (χ2n) is 4.85. The van der Waals surface area contributed by atoms with E-state index in [1.807, 2.05) is 37.3 Å². The standard InChI is InChI=1S/C16H15NO3/c1-10-5-4-7-12(16(18)19)15(10)17-13-9-20-14-8-3-2-6-11(13)14/h2-8,13,17H,9H2,1H3,(H,18,19). The summed E-state index contributed by atoms with van der Waals surface area (Å²) in [4.78, 5) is 11.3. The molecule has 1 unspecified atom stereocenters. The minimum absolute atomic E-state index is 0.0228. The third kappa shape index (κ3) is 2.09. The van der Waals surface area contributed by atoms with Crippen LogP contribution in [0.25, 0.3) is 0 Å². The first-order chi connectivity index (χ1) is 9.66. The van der Waals surface area contributed by atoms with Crippen molar-refractivity contribution in [1.82, 2.24) is 0 Å². The number of carboxylic acid groups (broad SMARTS) is 1. The van der Waals surface area contributed by atoms with Crippen LogP contribution in [0.1, 0.15) is 27.5 Å². The summed E-state index contributed by atoms with van der Waals surface area (Å²) in [5.41, 5.74) is 2.92. The molecule has 3 rings (SSSR count). The zero-order chi connectivity index (χ0) is 14.1. The van der Waals surface area contributed by atoms with Crippen molar-refractivity contribution in [2.24, 2.45) is 0 Å². The predicted octanol–water partition coefficient (Wildman–Crippen LogP) is 3.24. The third-order valence-electron chi connectivity index (χ3n) is 3.52. The highest BCUT2D eigenvalue weighted by Gasteiger charge is 2.25. The molecule has 0 saturated heterocycles. The number of fused-ring (bicyclic) bond motifs is 1. The SMILES string of the molecule is Cc1cccc(C(=O)O)c1NC1COc2ccccc21. The normalized spacial score (nSPS) is 16.4. The fourth-order valence-corrected chi connectivity index (χ4v) is 2.49. The summed E-state index contributed by atoms with van der Waals surface area (Å²) >= 11 is 0. The summed E-state index contributed by atoms with van der Waals surface area (Å²) in [6.07, 6.45) is 0. The maximum absolute atomic E-state index is 11.3. The zero-order valence-electron chi connectivity index (χ0n) is 11.1. The predicted molar refractivity (Wildman–Crippen MR) is 76.4 cm³/mol. The Morgan fingerprint density at radius 3 is 2.85 bits per heavy atom. The van der Waals surface area contributed by atoms with Gasteiger partial charge >= 0.3 is 5.97 Å². The van der Waals surface area contributed by atoms with Crippen LogP contribution in [0.15, 0.2) is 42.5 Å². The zero-order valence-corrected chi connectivity index (χ0v) is 11.1. The molecule has 2 aromatic carbocycles. The lowest BCUT2D eigenvalue weighted by Gasteiger charge is -2.17. The van der Waals surface area contributed by atoms with Crippen molar-refractivity contribution in [3.63, 3.8) is 0 Å². The van der Waals surface area contributed by atoms with E-state index in [4.69, 9.17) is 4.74 Å². The molecule has 0 aliphatic carbocycles. The molecular formula is C16H15NO3. The Balaban J connectivity index is 1.95. The van der Waals surface area contributed by atoms with Crippen LogP contribution in [0.2, 0.25) is 0 Å². The molecule has 2 N–H and O–H groups in total. The van der Waals surface area contributed by atoms with Crippen LogP contribution >= 0.6 is 0 Å². The number of hydrogen-bond acceptors (Lipinski definition) is 3. The number of carbonyl (C=O) groups is 1. The van der Waals surface area contributed by atoms with Crippen molar-refractivity contribution in [2.75, 3.05) is 11.9 Å². The largest absolute Gasteiger partial charge is 0.491 e. The first-order valence-electron chi connectivity index (χ1n) is 6.48. The quantitative estimate of drug-likeness (QED) is 0.898. The lowest BCUT2D eigenvalue weighted by atomic mass is 10.0. The summed E-state index contributed by atoms with van der Waals surface area (Å²) in [5.74, 6) is -0.0705. The Morgan fingerprint density at radius 1 is 1.25 bits per heavy atom. The van der Waals surface area contributed by atoms with Crippen LogP contribution < -0.4 is 10.1 Å². The van der Waals surface area contributed by atoms with Crippen molar-refractivity contribution >= 4 is 11.7 Å². The van der Waals surface area contributed by atoms with E-state index in [-0.39, 0.29) is 11.6 Å². The van der Waals surface area contributed by atoms with E-state index < -0.39 is 5.97 Å². The second-order valence-corrected chi connectivity index (χ2v) is 4.85. The Labute approximate surface area is 117 Å². The van der Waals surface area contributed by atoms with Crippen LogP contribution in [0.3, 0.4) is 0 Å². The summed E-state index contributed by atoms with van der Waals surface area (Å²) in [7, 11) is 0. The molecular weight excluding hydrogens is 254 g/mol. The second kappa shape index (κ2) is 4.89. The van der Waals surface area contributed by atoms with Gasteiger partial charge in [0.2, 0.25) is 0 Å². The van der Waals surface area contributed by atoms with Gasteiger partial charge in [-0.2, -0.15) is 0 Å². The minimum Gasteiger partial charge on any atom is -0.491 e. The molecule has 1 heterocycles. The number of aryl methyl sites for hydroxylation is 1. The van der Waals surface area contributed by atoms with Crippen LogP contribution in [0.4, 0.5) is 5.69 Å². The summed E-state index contributed by atoms with van der Waals surface area (Å²) in [5, 5.41) is 12.6. The Hall–Kier alpha value is -2.49. The number of carboxylic acids is 1. The fourth-order valence-electron chi connectivity index (χ4n) is 2.49. The highest BCUT2D eigenvalue weighted by molar-refractivity contribution is 5.95. The summed E-state index contributed by atoms with van der Waals surface area (Å²) in [6, 6.07) is 13.0. The molecule has 4 heteroatoms. The first-order valence-corrected chi connectivity index (χ1v) is 6.48. The van der Waals surface area contributed by atoms with E-state index in [0.29, 0.717) is 12.3 Å². The monoisotopic (exact) mass is 269 g/mol. The number of benzene rings is 2. The van der Waals surface area contributed by atoms with Gasteiger partial charge in [0, 0.05) is 5.56 Å². The van der Waals surface area contributed by atoms with E-state index in [2.05, 4.69) is 5.32 Å². The maximum atomic E-state index is 11.3. The Morgan fingerprint density at radius 2 is 2.05 bits per heavy atom. The van der Waals surface area contributed by atoms with E-state index in [1.165, 1.54) is 0 Å².